The smallest absolute Gasteiger partial charge is 0.0451 e. The fourth-order valence-corrected chi connectivity index (χ4v) is 1.62. The van der Waals surface area contributed by atoms with Crippen LogP contribution in [0.1, 0.15) is 11.3 Å². The molecule has 2 nitrogen and oxygen atoms in total. The van der Waals surface area contributed by atoms with Crippen molar-refractivity contribution in [1.82, 2.24) is 10.3 Å². The molecule has 1 heterocycles. The SMILES string of the molecule is CNC1Cc2cccnc2C1.Cl.Cl. The number of likely N-dealkylation sites (N-methyl/N-ethyl adjacent to an activating group) is 1. The van der Waals surface area contributed by atoms with Crippen LogP contribution in [-0.2, 0) is 12.8 Å². The van der Waals surface area contributed by atoms with Gasteiger partial charge in [-0.3, -0.25) is 4.98 Å². The van der Waals surface area contributed by atoms with Gasteiger partial charge in [-0.05, 0) is 25.1 Å². The van der Waals surface area contributed by atoms with Gasteiger partial charge < -0.3 is 5.32 Å². The van der Waals surface area contributed by atoms with Gasteiger partial charge in [0.05, 0.1) is 0 Å². The molecule has 0 aromatic carbocycles. The molecule has 0 fully saturated rings. The number of hydrogen-bond acceptors (Lipinski definition) is 2. The van der Waals surface area contributed by atoms with E-state index in [1.165, 1.54) is 11.3 Å². The molecule has 0 saturated carbocycles. The first-order valence-corrected chi connectivity index (χ1v) is 4.00. The Kier molecular flexibility index (Phi) is 5.30. The molecule has 0 amide bonds. The predicted octanol–water partition coefficient (Wildman–Crippen LogP) is 1.61. The molecule has 4 heteroatoms. The van der Waals surface area contributed by atoms with Crippen LogP contribution in [0.4, 0.5) is 0 Å². The van der Waals surface area contributed by atoms with Crippen LogP contribution < -0.4 is 5.32 Å². The third-order valence-corrected chi connectivity index (χ3v) is 2.30. The van der Waals surface area contributed by atoms with E-state index in [4.69, 9.17) is 0 Å². The lowest BCUT2D eigenvalue weighted by atomic mass is 10.2. The van der Waals surface area contributed by atoms with Crippen LogP contribution >= 0.6 is 24.8 Å². The van der Waals surface area contributed by atoms with E-state index in [0.29, 0.717) is 6.04 Å². The summed E-state index contributed by atoms with van der Waals surface area (Å²) < 4.78 is 0. The van der Waals surface area contributed by atoms with E-state index in [9.17, 15) is 0 Å². The van der Waals surface area contributed by atoms with Gasteiger partial charge in [0.15, 0.2) is 0 Å². The molecular formula is C9H14Cl2N2. The Morgan fingerprint density at radius 3 is 2.77 bits per heavy atom. The molecule has 1 aliphatic rings. The first-order chi connectivity index (χ1) is 5.40. The molecule has 13 heavy (non-hydrogen) atoms. The van der Waals surface area contributed by atoms with Gasteiger partial charge in [0, 0.05) is 24.4 Å². The van der Waals surface area contributed by atoms with Crippen LogP contribution in [0.2, 0.25) is 0 Å². The van der Waals surface area contributed by atoms with Gasteiger partial charge in [0.2, 0.25) is 0 Å². The summed E-state index contributed by atoms with van der Waals surface area (Å²) in [5, 5.41) is 3.27. The number of aromatic nitrogens is 1. The van der Waals surface area contributed by atoms with Crippen molar-refractivity contribution in [3.05, 3.63) is 29.6 Å². The van der Waals surface area contributed by atoms with Crippen molar-refractivity contribution in [2.45, 2.75) is 18.9 Å². The summed E-state index contributed by atoms with van der Waals surface area (Å²) in [4.78, 5) is 4.32. The number of hydrogen-bond donors (Lipinski definition) is 1. The Labute approximate surface area is 91.0 Å². The average molecular weight is 221 g/mol. The van der Waals surface area contributed by atoms with E-state index in [0.717, 1.165) is 12.8 Å². The first kappa shape index (κ1) is 12.7. The van der Waals surface area contributed by atoms with E-state index < -0.39 is 0 Å². The Hall–Kier alpha value is -0.310. The number of halogens is 2. The standard InChI is InChI=1S/C9H12N2.2ClH/c1-10-8-5-7-3-2-4-11-9(7)6-8;;/h2-4,8,10H,5-6H2,1H3;2*1H. The van der Waals surface area contributed by atoms with Gasteiger partial charge in [-0.15, -0.1) is 24.8 Å². The largest absolute Gasteiger partial charge is 0.316 e. The third-order valence-electron chi connectivity index (χ3n) is 2.30. The van der Waals surface area contributed by atoms with Gasteiger partial charge in [-0.1, -0.05) is 6.07 Å². The topological polar surface area (TPSA) is 24.9 Å². The minimum atomic E-state index is 0. The van der Waals surface area contributed by atoms with Crippen molar-refractivity contribution in [3.8, 4) is 0 Å². The third kappa shape index (κ3) is 2.56. The molecule has 0 bridgehead atoms. The molecule has 0 aliphatic heterocycles. The van der Waals surface area contributed by atoms with Crippen molar-refractivity contribution in [2.24, 2.45) is 0 Å². The fraction of sp³-hybridized carbons (Fsp3) is 0.444. The normalized spacial score (nSPS) is 18.4. The second-order valence-corrected chi connectivity index (χ2v) is 3.00. The fourth-order valence-electron chi connectivity index (χ4n) is 1.62. The van der Waals surface area contributed by atoms with Gasteiger partial charge >= 0.3 is 0 Å². The Bertz CT molecular complexity index is 241. The van der Waals surface area contributed by atoms with Crippen molar-refractivity contribution in [1.29, 1.82) is 0 Å². The van der Waals surface area contributed by atoms with E-state index in [-0.39, 0.29) is 24.8 Å². The molecule has 1 aromatic heterocycles. The summed E-state index contributed by atoms with van der Waals surface area (Å²) in [5.41, 5.74) is 2.68. The molecule has 0 spiro atoms. The van der Waals surface area contributed by atoms with Crippen LogP contribution in [0, 0.1) is 0 Å². The van der Waals surface area contributed by atoms with Gasteiger partial charge in [-0.25, -0.2) is 0 Å². The maximum Gasteiger partial charge on any atom is 0.0451 e. The maximum absolute atomic E-state index is 4.32. The highest BCUT2D eigenvalue weighted by Gasteiger charge is 2.19. The van der Waals surface area contributed by atoms with E-state index in [1.54, 1.807) is 0 Å². The number of pyridine rings is 1. The lowest BCUT2D eigenvalue weighted by molar-refractivity contribution is 0.591. The van der Waals surface area contributed by atoms with Crippen LogP contribution in [-0.4, -0.2) is 18.1 Å². The zero-order valence-corrected chi connectivity index (χ0v) is 9.12. The monoisotopic (exact) mass is 220 g/mol. The molecule has 0 saturated heterocycles. The summed E-state index contributed by atoms with van der Waals surface area (Å²) in [7, 11) is 2.01. The van der Waals surface area contributed by atoms with Crippen LogP contribution in [0.15, 0.2) is 18.3 Å². The molecular weight excluding hydrogens is 207 g/mol. The first-order valence-electron chi connectivity index (χ1n) is 4.00. The molecule has 1 atom stereocenters. The molecule has 74 valence electrons. The van der Waals surface area contributed by atoms with Crippen molar-refractivity contribution >= 4 is 24.8 Å². The molecule has 1 aromatic rings. The van der Waals surface area contributed by atoms with Crippen molar-refractivity contribution < 1.29 is 0 Å². The van der Waals surface area contributed by atoms with Crippen molar-refractivity contribution in [2.75, 3.05) is 7.05 Å². The summed E-state index contributed by atoms with van der Waals surface area (Å²) in [6, 6.07) is 4.79. The Balaban J connectivity index is 0.000000720. The average Bonchev–Trinajstić information content (AvgIpc) is 2.46. The number of nitrogens with one attached hydrogen (secondary N) is 1. The van der Waals surface area contributed by atoms with Gasteiger partial charge in [0.25, 0.3) is 0 Å². The predicted molar refractivity (Wildman–Crippen MR) is 59.0 cm³/mol. The van der Waals surface area contributed by atoms with E-state index >= 15 is 0 Å². The molecule has 1 N–H and O–H groups in total. The summed E-state index contributed by atoms with van der Waals surface area (Å²) in [6.07, 6.45) is 4.10. The second kappa shape index (κ2) is 5.43. The Morgan fingerprint density at radius 1 is 1.38 bits per heavy atom. The van der Waals surface area contributed by atoms with Crippen molar-refractivity contribution in [3.63, 3.8) is 0 Å². The molecule has 1 unspecified atom stereocenters. The summed E-state index contributed by atoms with van der Waals surface area (Å²) >= 11 is 0. The zero-order valence-electron chi connectivity index (χ0n) is 7.49. The number of nitrogens with zero attached hydrogens (tertiary/aromatic N) is 1. The van der Waals surface area contributed by atoms with Crippen LogP contribution in [0.3, 0.4) is 0 Å². The van der Waals surface area contributed by atoms with Gasteiger partial charge in [-0.2, -0.15) is 0 Å². The highest BCUT2D eigenvalue weighted by molar-refractivity contribution is 5.85. The quantitative estimate of drug-likeness (QED) is 0.779. The number of rotatable bonds is 1. The lowest BCUT2D eigenvalue weighted by Gasteiger charge is -2.03. The minimum absolute atomic E-state index is 0. The van der Waals surface area contributed by atoms with E-state index in [2.05, 4.69) is 16.4 Å². The summed E-state index contributed by atoms with van der Waals surface area (Å²) in [5.74, 6) is 0. The maximum atomic E-state index is 4.32. The number of fused-ring (bicyclic) bond motifs is 1. The molecule has 0 radical (unpaired) electrons. The molecule has 2 rings (SSSR count). The summed E-state index contributed by atoms with van der Waals surface area (Å²) in [6.45, 7) is 0. The zero-order chi connectivity index (χ0) is 7.68. The second-order valence-electron chi connectivity index (χ2n) is 3.00. The Morgan fingerprint density at radius 2 is 2.15 bits per heavy atom. The molecule has 1 aliphatic carbocycles. The minimum Gasteiger partial charge on any atom is -0.316 e. The van der Waals surface area contributed by atoms with Gasteiger partial charge in [0.1, 0.15) is 0 Å². The van der Waals surface area contributed by atoms with Crippen LogP contribution in [0.25, 0.3) is 0 Å². The van der Waals surface area contributed by atoms with Crippen LogP contribution in [0.5, 0.6) is 0 Å². The highest BCUT2D eigenvalue weighted by Crippen LogP contribution is 2.18. The highest BCUT2D eigenvalue weighted by atomic mass is 35.5. The lowest BCUT2D eigenvalue weighted by Crippen LogP contribution is -2.24. The van der Waals surface area contributed by atoms with E-state index in [1.807, 2.05) is 19.3 Å².